The first-order valence-electron chi connectivity index (χ1n) is 14.5. The lowest BCUT2D eigenvalue weighted by molar-refractivity contribution is 0.249. The predicted octanol–water partition coefficient (Wildman–Crippen LogP) is 8.71. The minimum Gasteiger partial charge on any atom is -0.102 e. The van der Waals surface area contributed by atoms with Gasteiger partial charge in [0, 0.05) is 5.66 Å². The molecule has 6 rings (SSSR count). The summed E-state index contributed by atoms with van der Waals surface area (Å²) in [5, 5.41) is 4.67. The van der Waals surface area contributed by atoms with Crippen LogP contribution >= 0.6 is 15.8 Å². The lowest BCUT2D eigenvalue weighted by Gasteiger charge is -2.47. The van der Waals surface area contributed by atoms with Crippen LogP contribution in [-0.2, 0) is 0 Å². The third kappa shape index (κ3) is 4.92. The third-order valence-electron chi connectivity index (χ3n) is 9.36. The quantitative estimate of drug-likeness (QED) is 0.200. The molecule has 0 nitrogen and oxygen atoms in total. The first-order chi connectivity index (χ1) is 18.8. The number of hydrogen-bond acceptors (Lipinski definition) is 0. The molecule has 4 unspecified atom stereocenters. The maximum Gasteiger partial charge on any atom is 0.00509 e. The van der Waals surface area contributed by atoms with E-state index in [0.717, 1.165) is 11.6 Å². The van der Waals surface area contributed by atoms with Crippen LogP contribution in [-0.4, -0.2) is 17.0 Å². The summed E-state index contributed by atoms with van der Waals surface area (Å²) in [4.78, 5) is 0. The molecule has 38 heavy (non-hydrogen) atoms. The van der Waals surface area contributed by atoms with Crippen molar-refractivity contribution < 1.29 is 0 Å². The Hall–Kier alpha value is -2.26. The zero-order valence-electron chi connectivity index (χ0n) is 22.4. The fourth-order valence-electron chi connectivity index (χ4n) is 7.82. The smallest absolute Gasteiger partial charge is 0.00509 e. The van der Waals surface area contributed by atoms with Crippen LogP contribution in [0.2, 0.25) is 0 Å². The van der Waals surface area contributed by atoms with Gasteiger partial charge in [-0.1, -0.05) is 142 Å². The van der Waals surface area contributed by atoms with Crippen LogP contribution in [0.4, 0.5) is 0 Å². The van der Waals surface area contributed by atoms with Gasteiger partial charge in [-0.3, -0.25) is 0 Å². The van der Waals surface area contributed by atoms with Crippen LogP contribution in [0.1, 0.15) is 44.9 Å². The van der Waals surface area contributed by atoms with Crippen molar-refractivity contribution in [1.82, 2.24) is 0 Å². The topological polar surface area (TPSA) is 0 Å². The van der Waals surface area contributed by atoms with E-state index >= 15 is 0 Å². The minimum atomic E-state index is -0.458. The standard InChI is InChI=1S/C36H40P2/c1-2-36(28-16-27-35(36)38(31-21-11-5-12-22-31)32-23-13-6-14-24-32)33-25-15-26-34(33)37(29-17-7-3-8-18-29)30-19-9-4-10-20-30/h2-14,17-19,21-24,30,33-35H,1,15-16,20,25-28H2/t30?,33?,34?,35-,36-,37?/m1/s1. The molecular weight excluding hydrogens is 494 g/mol. The van der Waals surface area contributed by atoms with E-state index in [9.17, 15) is 0 Å². The van der Waals surface area contributed by atoms with E-state index in [1.54, 1.807) is 5.30 Å². The van der Waals surface area contributed by atoms with Gasteiger partial charge in [0.15, 0.2) is 0 Å². The Balaban J connectivity index is 1.43. The summed E-state index contributed by atoms with van der Waals surface area (Å²) in [6.07, 6.45) is 21.2. The zero-order valence-corrected chi connectivity index (χ0v) is 24.2. The number of allylic oxidation sites excluding steroid dienone is 5. The zero-order chi connectivity index (χ0) is 25.8. The summed E-state index contributed by atoms with van der Waals surface area (Å²) >= 11 is 0. The van der Waals surface area contributed by atoms with Crippen LogP contribution in [0.25, 0.3) is 0 Å². The van der Waals surface area contributed by atoms with Gasteiger partial charge in [0.2, 0.25) is 0 Å². The second kappa shape index (κ2) is 11.9. The number of benzene rings is 3. The summed E-state index contributed by atoms with van der Waals surface area (Å²) in [6, 6.07) is 34.5. The molecule has 0 aliphatic heterocycles. The Morgan fingerprint density at radius 3 is 1.92 bits per heavy atom. The van der Waals surface area contributed by atoms with Crippen molar-refractivity contribution in [2.45, 2.75) is 61.9 Å². The number of hydrogen-bond donors (Lipinski definition) is 0. The Morgan fingerprint density at radius 1 is 0.711 bits per heavy atom. The molecule has 194 valence electrons. The fraction of sp³-hybridized carbons (Fsp3) is 0.333. The lowest BCUT2D eigenvalue weighted by Crippen LogP contribution is -2.42. The average molecular weight is 535 g/mol. The van der Waals surface area contributed by atoms with Gasteiger partial charge in [0.05, 0.1) is 0 Å². The van der Waals surface area contributed by atoms with Crippen molar-refractivity contribution in [1.29, 1.82) is 0 Å². The molecule has 0 spiro atoms. The molecule has 3 aliphatic carbocycles. The van der Waals surface area contributed by atoms with Crippen molar-refractivity contribution in [2.24, 2.45) is 11.3 Å². The van der Waals surface area contributed by atoms with Gasteiger partial charge >= 0.3 is 0 Å². The van der Waals surface area contributed by atoms with Crippen LogP contribution in [0, 0.1) is 11.3 Å². The first kappa shape index (κ1) is 26.0. The molecule has 0 aromatic heterocycles. The van der Waals surface area contributed by atoms with E-state index in [4.69, 9.17) is 0 Å². The summed E-state index contributed by atoms with van der Waals surface area (Å²) in [5.74, 6) is 0.718. The van der Waals surface area contributed by atoms with Gasteiger partial charge in [-0.15, -0.1) is 6.58 Å². The van der Waals surface area contributed by atoms with E-state index in [0.29, 0.717) is 11.3 Å². The third-order valence-corrected chi connectivity index (χ3v) is 15.8. The molecule has 2 fully saturated rings. The predicted molar refractivity (Wildman–Crippen MR) is 170 cm³/mol. The monoisotopic (exact) mass is 534 g/mol. The van der Waals surface area contributed by atoms with Crippen LogP contribution in [0.5, 0.6) is 0 Å². The van der Waals surface area contributed by atoms with Gasteiger partial charge in [0.25, 0.3) is 0 Å². The van der Waals surface area contributed by atoms with Gasteiger partial charge in [-0.2, -0.15) is 0 Å². The van der Waals surface area contributed by atoms with Gasteiger partial charge in [-0.25, -0.2) is 0 Å². The highest BCUT2D eigenvalue weighted by molar-refractivity contribution is 7.73. The van der Waals surface area contributed by atoms with Gasteiger partial charge in [0.1, 0.15) is 0 Å². The molecule has 3 aromatic rings. The molecule has 0 heterocycles. The molecule has 2 heteroatoms. The van der Waals surface area contributed by atoms with Crippen molar-refractivity contribution >= 4 is 31.8 Å². The van der Waals surface area contributed by atoms with Gasteiger partial charge < -0.3 is 0 Å². The van der Waals surface area contributed by atoms with Crippen molar-refractivity contribution in [3.8, 4) is 0 Å². The van der Waals surface area contributed by atoms with Crippen molar-refractivity contribution in [3.63, 3.8) is 0 Å². The lowest BCUT2D eigenvalue weighted by atomic mass is 9.72. The normalized spacial score (nSPS) is 29.5. The summed E-state index contributed by atoms with van der Waals surface area (Å²) < 4.78 is 0. The maximum atomic E-state index is 4.65. The first-order valence-corrected chi connectivity index (χ1v) is 17.4. The Labute approximate surface area is 232 Å². The molecule has 2 saturated carbocycles. The Bertz CT molecular complexity index is 1210. The van der Waals surface area contributed by atoms with Crippen LogP contribution in [0.15, 0.2) is 128 Å². The molecule has 0 N–H and O–H groups in total. The molecule has 3 aliphatic rings. The highest BCUT2D eigenvalue weighted by atomic mass is 31.1. The maximum absolute atomic E-state index is 4.65. The average Bonchev–Trinajstić information content (AvgIpc) is 3.64. The SMILES string of the molecule is C=C[C@]1(C2CCCC2P(c2ccccc2)C2C=CC=CC2)CCC[C@H]1P(c1ccccc1)c1ccccc1. The largest absolute Gasteiger partial charge is 0.102 e. The Morgan fingerprint density at radius 2 is 1.34 bits per heavy atom. The summed E-state index contributed by atoms with van der Waals surface area (Å²) in [5.41, 5.74) is 2.27. The van der Waals surface area contributed by atoms with E-state index in [2.05, 4.69) is 128 Å². The Kier molecular flexibility index (Phi) is 8.11. The number of rotatable bonds is 8. The molecule has 0 amide bonds. The molecule has 0 saturated heterocycles. The van der Waals surface area contributed by atoms with E-state index in [1.807, 2.05) is 0 Å². The fourth-order valence-corrected chi connectivity index (χ4v) is 14.9. The van der Waals surface area contributed by atoms with E-state index in [-0.39, 0.29) is 13.3 Å². The highest BCUT2D eigenvalue weighted by Gasteiger charge is 2.54. The van der Waals surface area contributed by atoms with E-state index < -0.39 is 7.92 Å². The molecule has 3 aromatic carbocycles. The second-order valence-electron chi connectivity index (χ2n) is 11.2. The molecule has 6 atom stereocenters. The van der Waals surface area contributed by atoms with Crippen molar-refractivity contribution in [2.75, 3.05) is 0 Å². The van der Waals surface area contributed by atoms with E-state index in [1.165, 1.54) is 55.6 Å². The minimum absolute atomic E-state index is 0.210. The highest BCUT2D eigenvalue weighted by Crippen LogP contribution is 2.67. The van der Waals surface area contributed by atoms with Gasteiger partial charge in [-0.05, 0) is 78.6 Å². The summed E-state index contributed by atoms with van der Waals surface area (Å²) in [6.45, 7) is 4.65. The van der Waals surface area contributed by atoms with Crippen LogP contribution in [0.3, 0.4) is 0 Å². The molecule has 0 radical (unpaired) electrons. The second-order valence-corrected chi connectivity index (χ2v) is 16.3. The summed E-state index contributed by atoms with van der Waals surface area (Å²) in [7, 11) is -0.752. The molecular formula is C36H40P2. The van der Waals surface area contributed by atoms with Crippen molar-refractivity contribution in [3.05, 3.63) is 128 Å². The molecule has 0 bridgehead atoms. The van der Waals surface area contributed by atoms with Crippen LogP contribution < -0.4 is 15.9 Å².